The number of hydrogen-bond donors (Lipinski definition) is 2. The van der Waals surface area contributed by atoms with Gasteiger partial charge < -0.3 is 24.2 Å². The van der Waals surface area contributed by atoms with Crippen molar-refractivity contribution >= 4 is 5.69 Å². The first kappa shape index (κ1) is 32.0. The van der Waals surface area contributed by atoms with E-state index < -0.39 is 18.2 Å². The third-order valence-electron chi connectivity index (χ3n) is 10.7. The topological polar surface area (TPSA) is 65.8 Å². The molecule has 1 aliphatic carbocycles. The molecule has 2 aliphatic heterocycles. The molecule has 7 nitrogen and oxygen atoms in total. The molecule has 4 atom stereocenters. The zero-order chi connectivity index (χ0) is 31.6. The van der Waals surface area contributed by atoms with Crippen LogP contribution in [0.15, 0.2) is 67.0 Å². The van der Waals surface area contributed by atoms with E-state index >= 15 is 0 Å². The number of aryl methyl sites for hydroxylation is 1. The fourth-order valence-corrected chi connectivity index (χ4v) is 8.36. The highest BCUT2D eigenvalue weighted by Gasteiger charge is 2.52. The van der Waals surface area contributed by atoms with Crippen molar-refractivity contribution in [3.63, 3.8) is 0 Å². The van der Waals surface area contributed by atoms with Crippen LogP contribution < -0.4 is 10.2 Å². The van der Waals surface area contributed by atoms with E-state index in [4.69, 9.17) is 4.74 Å². The summed E-state index contributed by atoms with van der Waals surface area (Å²) in [6, 6.07) is 16.5. The monoisotopic (exact) mass is 625 g/mol. The molecule has 244 valence electrons. The van der Waals surface area contributed by atoms with Gasteiger partial charge in [-0.1, -0.05) is 36.8 Å². The maximum absolute atomic E-state index is 13.0. The fraction of sp³-hybridized carbons (Fsp3) is 0.571. The normalized spacial score (nSPS) is 24.0. The van der Waals surface area contributed by atoms with Crippen LogP contribution in [0.3, 0.4) is 0 Å². The molecule has 45 heavy (non-hydrogen) atoms. The van der Waals surface area contributed by atoms with Crippen LogP contribution in [0.2, 0.25) is 0 Å². The average Bonchev–Trinajstić information content (AvgIpc) is 3.66. The van der Waals surface area contributed by atoms with Gasteiger partial charge in [0.15, 0.2) is 0 Å². The maximum Gasteiger partial charge on any atom is 0.416 e. The van der Waals surface area contributed by atoms with Crippen LogP contribution in [0.4, 0.5) is 18.9 Å². The number of aliphatic hydroxyl groups excluding tert-OH is 1. The minimum absolute atomic E-state index is 0.0549. The van der Waals surface area contributed by atoms with Crippen molar-refractivity contribution in [1.82, 2.24) is 19.8 Å². The van der Waals surface area contributed by atoms with E-state index in [1.54, 1.807) is 19.2 Å². The molecular formula is C35H46F3N5O2. The molecule has 2 aromatic carbocycles. The SMILES string of the molecule is CNC(O)O[C@H]1CCC[C@@H]1C(Cn1ccnc1C)(c1ccccc1)C1CCN(CC2CN(c3ccc(C(F)(F)F)cc3)C2)CC1. The van der Waals surface area contributed by atoms with E-state index in [0.717, 1.165) is 82.9 Å². The summed E-state index contributed by atoms with van der Waals surface area (Å²) in [5.41, 5.74) is 1.40. The highest BCUT2D eigenvalue weighted by molar-refractivity contribution is 5.50. The van der Waals surface area contributed by atoms with Crippen LogP contribution in [-0.4, -0.2) is 71.8 Å². The van der Waals surface area contributed by atoms with E-state index in [-0.39, 0.29) is 17.4 Å². The second kappa shape index (κ2) is 13.4. The highest BCUT2D eigenvalue weighted by Crippen LogP contribution is 2.52. The van der Waals surface area contributed by atoms with Crippen molar-refractivity contribution < 1.29 is 23.0 Å². The van der Waals surface area contributed by atoms with Crippen LogP contribution in [0.1, 0.15) is 49.1 Å². The number of halogens is 3. The standard InChI is InChI=1S/C35H46F3N5O2/c1-25-40-17-20-42(25)24-34(27-7-4-3-5-8-27,31-9-6-10-32(31)45-33(44)39-2)28-15-18-41(19-16-28)21-26-22-43(23-26)30-13-11-29(12-14-30)35(36,37)38/h3-5,7-8,11-14,17,20,26,28,31-33,39,44H,6,9-10,15-16,18-19,21-24H2,1-2H3/t31-,32-,33?,34?/m0/s1. The Hall–Kier alpha value is -2.92. The number of benzene rings is 2. The van der Waals surface area contributed by atoms with Gasteiger partial charge in [0.1, 0.15) is 5.82 Å². The quantitative estimate of drug-likeness (QED) is 0.268. The molecule has 10 heteroatoms. The number of aromatic nitrogens is 2. The van der Waals surface area contributed by atoms with Crippen molar-refractivity contribution in [1.29, 1.82) is 0 Å². The first-order valence-electron chi connectivity index (χ1n) is 16.4. The first-order valence-corrected chi connectivity index (χ1v) is 16.4. The predicted octanol–water partition coefficient (Wildman–Crippen LogP) is 5.68. The van der Waals surface area contributed by atoms with Gasteiger partial charge in [-0.25, -0.2) is 4.98 Å². The number of piperidine rings is 1. The van der Waals surface area contributed by atoms with Crippen molar-refractivity contribution in [3.05, 3.63) is 83.9 Å². The Balaban J connectivity index is 1.17. The molecule has 0 spiro atoms. The largest absolute Gasteiger partial charge is 0.416 e. The number of alkyl halides is 3. The van der Waals surface area contributed by atoms with Crippen LogP contribution in [0.5, 0.6) is 0 Å². The van der Waals surface area contributed by atoms with Gasteiger partial charge in [0.05, 0.1) is 11.7 Å². The number of likely N-dealkylation sites (tertiary alicyclic amines) is 1. The minimum Gasteiger partial charge on any atom is -0.371 e. The van der Waals surface area contributed by atoms with E-state index in [9.17, 15) is 18.3 Å². The lowest BCUT2D eigenvalue weighted by Gasteiger charge is -2.51. The number of nitrogens with zero attached hydrogens (tertiary/aromatic N) is 4. The predicted molar refractivity (Wildman–Crippen MR) is 169 cm³/mol. The van der Waals surface area contributed by atoms with Gasteiger partial charge >= 0.3 is 6.18 Å². The van der Waals surface area contributed by atoms with Crippen LogP contribution in [0, 0.1) is 24.7 Å². The molecule has 1 saturated carbocycles. The Morgan fingerprint density at radius 1 is 0.978 bits per heavy atom. The number of aliphatic hydroxyl groups is 1. The Bertz CT molecular complexity index is 1370. The van der Waals surface area contributed by atoms with Crippen LogP contribution in [-0.2, 0) is 22.9 Å². The average molecular weight is 626 g/mol. The Labute approximate surface area is 264 Å². The van der Waals surface area contributed by atoms with Crippen LogP contribution in [0.25, 0.3) is 0 Å². The van der Waals surface area contributed by atoms with Gasteiger partial charge in [-0.15, -0.1) is 0 Å². The number of rotatable bonds is 11. The molecule has 6 rings (SSSR count). The number of imidazole rings is 1. The molecular weight excluding hydrogens is 579 g/mol. The summed E-state index contributed by atoms with van der Waals surface area (Å²) in [6.45, 7) is 7.65. The summed E-state index contributed by atoms with van der Waals surface area (Å²) in [7, 11) is 1.72. The molecule has 0 amide bonds. The Kier molecular flexibility index (Phi) is 9.57. The second-order valence-corrected chi connectivity index (χ2v) is 13.3. The molecule has 0 bridgehead atoms. The smallest absolute Gasteiger partial charge is 0.371 e. The molecule has 2 saturated heterocycles. The number of hydrogen-bond acceptors (Lipinski definition) is 6. The summed E-state index contributed by atoms with van der Waals surface area (Å²) >= 11 is 0. The van der Waals surface area contributed by atoms with Gasteiger partial charge in [0.2, 0.25) is 6.41 Å². The van der Waals surface area contributed by atoms with Crippen molar-refractivity contribution in [2.75, 3.05) is 44.7 Å². The summed E-state index contributed by atoms with van der Waals surface area (Å²) in [5.74, 6) is 2.17. The summed E-state index contributed by atoms with van der Waals surface area (Å²) < 4.78 is 47.5. The lowest BCUT2D eigenvalue weighted by atomic mass is 9.58. The van der Waals surface area contributed by atoms with E-state index in [1.807, 2.05) is 6.20 Å². The highest BCUT2D eigenvalue weighted by atomic mass is 19.4. The number of nitrogens with one attached hydrogen (secondary N) is 1. The molecule has 3 heterocycles. The van der Waals surface area contributed by atoms with Crippen molar-refractivity contribution in [2.45, 2.75) is 69.7 Å². The zero-order valence-electron chi connectivity index (χ0n) is 26.3. The summed E-state index contributed by atoms with van der Waals surface area (Å²) in [4.78, 5) is 9.32. The summed E-state index contributed by atoms with van der Waals surface area (Å²) in [6.07, 6.45) is 3.79. The van der Waals surface area contributed by atoms with Crippen LogP contribution >= 0.6 is 0 Å². The molecule has 3 aromatic rings. The lowest BCUT2D eigenvalue weighted by molar-refractivity contribution is -0.170. The van der Waals surface area contributed by atoms with Gasteiger partial charge in [-0.3, -0.25) is 5.32 Å². The lowest BCUT2D eigenvalue weighted by Crippen LogP contribution is -2.55. The Morgan fingerprint density at radius 2 is 1.69 bits per heavy atom. The van der Waals surface area contributed by atoms with Gasteiger partial charge in [-0.05, 0) is 94.4 Å². The zero-order valence-corrected chi connectivity index (χ0v) is 26.3. The van der Waals surface area contributed by atoms with Gasteiger partial charge in [0.25, 0.3) is 0 Å². The molecule has 3 aliphatic rings. The summed E-state index contributed by atoms with van der Waals surface area (Å²) in [5, 5.41) is 13.3. The van der Waals surface area contributed by atoms with Crippen molar-refractivity contribution in [2.24, 2.45) is 17.8 Å². The number of ether oxygens (including phenoxy) is 1. The third-order valence-corrected chi connectivity index (χ3v) is 10.7. The first-order chi connectivity index (χ1) is 21.7. The van der Waals surface area contributed by atoms with E-state index in [0.29, 0.717) is 11.8 Å². The Morgan fingerprint density at radius 3 is 2.31 bits per heavy atom. The molecule has 0 radical (unpaired) electrons. The molecule has 3 fully saturated rings. The molecule has 2 unspecified atom stereocenters. The molecule has 2 N–H and O–H groups in total. The second-order valence-electron chi connectivity index (χ2n) is 13.3. The van der Waals surface area contributed by atoms with E-state index in [2.05, 4.69) is 68.1 Å². The van der Waals surface area contributed by atoms with Gasteiger partial charge in [-0.2, -0.15) is 13.2 Å². The van der Waals surface area contributed by atoms with Gasteiger partial charge in [0, 0.05) is 55.6 Å². The fourth-order valence-electron chi connectivity index (χ4n) is 8.36. The molecule has 1 aromatic heterocycles. The minimum atomic E-state index is -4.31. The van der Waals surface area contributed by atoms with E-state index in [1.165, 1.54) is 17.7 Å². The third kappa shape index (κ3) is 6.80. The van der Waals surface area contributed by atoms with Crippen molar-refractivity contribution in [3.8, 4) is 0 Å². The number of anilines is 1. The maximum atomic E-state index is 13.0.